The van der Waals surface area contributed by atoms with Crippen molar-refractivity contribution >= 4 is 35.6 Å². The number of hydrogen-bond donors (Lipinski definition) is 7. The standard InChI is InChI=1S/C22H31N5O8/c1-12(22(34)35)25-20(32)15(8-9-17(24)28)26-21(33)16(11-13-5-3-2-4-6-13)27-19(31)14(23)7-10-18(29)30/h2-6,12,14-16H,7-11,23H2,1H3,(H2,24,28)(H,25,32)(H,26,33)(H,27,31)(H,29,30)(H,34,35). The van der Waals surface area contributed by atoms with E-state index in [1.807, 2.05) is 0 Å². The molecule has 192 valence electrons. The summed E-state index contributed by atoms with van der Waals surface area (Å²) in [5.41, 5.74) is 11.6. The second-order valence-corrected chi connectivity index (χ2v) is 7.92. The van der Waals surface area contributed by atoms with Crippen LogP contribution in [0.3, 0.4) is 0 Å². The van der Waals surface area contributed by atoms with E-state index in [1.165, 1.54) is 6.92 Å². The van der Waals surface area contributed by atoms with Crippen LogP contribution >= 0.6 is 0 Å². The zero-order valence-corrected chi connectivity index (χ0v) is 19.2. The molecule has 13 nitrogen and oxygen atoms in total. The molecule has 0 aliphatic carbocycles. The first-order valence-electron chi connectivity index (χ1n) is 10.8. The van der Waals surface area contributed by atoms with Gasteiger partial charge in [-0.3, -0.25) is 28.8 Å². The Bertz CT molecular complexity index is 924. The Morgan fingerprint density at radius 3 is 1.94 bits per heavy atom. The molecule has 4 amide bonds. The number of carboxylic acids is 2. The summed E-state index contributed by atoms with van der Waals surface area (Å²) < 4.78 is 0. The number of nitrogens with two attached hydrogens (primary N) is 2. The van der Waals surface area contributed by atoms with Crippen LogP contribution in [0.2, 0.25) is 0 Å². The molecule has 0 bridgehead atoms. The van der Waals surface area contributed by atoms with E-state index >= 15 is 0 Å². The third kappa shape index (κ3) is 11.1. The van der Waals surface area contributed by atoms with Gasteiger partial charge in [-0.1, -0.05) is 30.3 Å². The molecule has 1 aromatic rings. The van der Waals surface area contributed by atoms with Gasteiger partial charge in [0.25, 0.3) is 0 Å². The van der Waals surface area contributed by atoms with Crippen LogP contribution in [0.1, 0.15) is 38.2 Å². The molecule has 0 aliphatic heterocycles. The largest absolute Gasteiger partial charge is 0.481 e. The number of carboxylic acid groups (broad SMARTS) is 2. The molecular weight excluding hydrogens is 462 g/mol. The van der Waals surface area contributed by atoms with E-state index in [2.05, 4.69) is 16.0 Å². The average molecular weight is 494 g/mol. The highest BCUT2D eigenvalue weighted by Crippen LogP contribution is 2.07. The highest BCUT2D eigenvalue weighted by atomic mass is 16.4. The van der Waals surface area contributed by atoms with E-state index in [9.17, 15) is 28.8 Å². The van der Waals surface area contributed by atoms with Crippen LogP contribution in [-0.2, 0) is 35.2 Å². The monoisotopic (exact) mass is 493 g/mol. The average Bonchev–Trinajstić information content (AvgIpc) is 2.79. The predicted molar refractivity (Wildman–Crippen MR) is 123 cm³/mol. The number of benzene rings is 1. The molecule has 0 aromatic heterocycles. The van der Waals surface area contributed by atoms with Crippen LogP contribution in [0.25, 0.3) is 0 Å². The van der Waals surface area contributed by atoms with Crippen LogP contribution < -0.4 is 27.4 Å². The first kappa shape index (κ1) is 29.0. The molecule has 0 heterocycles. The first-order chi connectivity index (χ1) is 16.4. The van der Waals surface area contributed by atoms with E-state index in [1.54, 1.807) is 30.3 Å². The molecule has 4 unspecified atom stereocenters. The fourth-order valence-corrected chi connectivity index (χ4v) is 2.95. The number of carbonyl (C=O) groups excluding carboxylic acids is 4. The molecular formula is C22H31N5O8. The van der Waals surface area contributed by atoms with Gasteiger partial charge < -0.3 is 37.6 Å². The second kappa shape index (κ2) is 14.3. The van der Waals surface area contributed by atoms with E-state index in [0.717, 1.165) is 0 Å². The lowest BCUT2D eigenvalue weighted by molar-refractivity contribution is -0.142. The third-order valence-electron chi connectivity index (χ3n) is 4.96. The maximum absolute atomic E-state index is 13.1. The van der Waals surface area contributed by atoms with Gasteiger partial charge in [-0.05, 0) is 25.3 Å². The molecule has 0 radical (unpaired) electrons. The van der Waals surface area contributed by atoms with Crippen molar-refractivity contribution in [3.63, 3.8) is 0 Å². The van der Waals surface area contributed by atoms with Crippen LogP contribution in [-0.4, -0.2) is 69.9 Å². The molecule has 35 heavy (non-hydrogen) atoms. The van der Waals surface area contributed by atoms with Crippen molar-refractivity contribution in [1.82, 2.24) is 16.0 Å². The zero-order valence-electron chi connectivity index (χ0n) is 19.2. The van der Waals surface area contributed by atoms with Gasteiger partial charge in [0, 0.05) is 19.3 Å². The third-order valence-corrected chi connectivity index (χ3v) is 4.96. The SMILES string of the molecule is CC(NC(=O)C(CCC(N)=O)NC(=O)C(Cc1ccccc1)NC(=O)C(N)CCC(=O)O)C(=O)O. The van der Waals surface area contributed by atoms with Gasteiger partial charge in [-0.2, -0.15) is 0 Å². The number of aliphatic carboxylic acids is 2. The number of carbonyl (C=O) groups is 6. The molecule has 0 spiro atoms. The molecule has 9 N–H and O–H groups in total. The van der Waals surface area contributed by atoms with Crippen LogP contribution in [0, 0.1) is 0 Å². The zero-order chi connectivity index (χ0) is 26.5. The highest BCUT2D eigenvalue weighted by molar-refractivity contribution is 5.94. The lowest BCUT2D eigenvalue weighted by atomic mass is 10.0. The summed E-state index contributed by atoms with van der Waals surface area (Å²) >= 11 is 0. The fraction of sp³-hybridized carbons (Fsp3) is 0.455. The number of hydrogen-bond acceptors (Lipinski definition) is 7. The minimum atomic E-state index is -1.31. The Morgan fingerprint density at radius 2 is 1.40 bits per heavy atom. The number of rotatable bonds is 15. The molecule has 0 saturated heterocycles. The normalized spacial score (nSPS) is 14.0. The van der Waals surface area contributed by atoms with Crippen molar-refractivity contribution in [3.05, 3.63) is 35.9 Å². The minimum Gasteiger partial charge on any atom is -0.481 e. The Morgan fingerprint density at radius 1 is 0.829 bits per heavy atom. The van der Waals surface area contributed by atoms with Crippen LogP contribution in [0.4, 0.5) is 0 Å². The van der Waals surface area contributed by atoms with E-state index in [-0.39, 0.29) is 32.1 Å². The van der Waals surface area contributed by atoms with Crippen molar-refractivity contribution < 1.29 is 39.0 Å². The summed E-state index contributed by atoms with van der Waals surface area (Å²) in [6.45, 7) is 1.23. The van der Waals surface area contributed by atoms with Gasteiger partial charge in [0.15, 0.2) is 0 Å². The Kier molecular flexibility index (Phi) is 11.9. The number of primary amides is 1. The van der Waals surface area contributed by atoms with Gasteiger partial charge in [0.1, 0.15) is 18.1 Å². The Balaban J connectivity index is 3.06. The van der Waals surface area contributed by atoms with E-state index in [0.29, 0.717) is 5.56 Å². The Labute approximate surface area is 201 Å². The number of nitrogens with one attached hydrogen (secondary N) is 3. The van der Waals surface area contributed by atoms with Crippen molar-refractivity contribution in [3.8, 4) is 0 Å². The van der Waals surface area contributed by atoms with Crippen LogP contribution in [0.5, 0.6) is 0 Å². The summed E-state index contributed by atoms with van der Waals surface area (Å²) in [5.74, 6) is -5.58. The maximum atomic E-state index is 13.1. The van der Waals surface area contributed by atoms with Gasteiger partial charge >= 0.3 is 11.9 Å². The molecule has 4 atom stereocenters. The summed E-state index contributed by atoms with van der Waals surface area (Å²) in [6, 6.07) is 3.65. The van der Waals surface area contributed by atoms with Gasteiger partial charge in [-0.25, -0.2) is 0 Å². The van der Waals surface area contributed by atoms with Crippen molar-refractivity contribution in [2.24, 2.45) is 11.5 Å². The van der Waals surface area contributed by atoms with Gasteiger partial charge in [0.05, 0.1) is 6.04 Å². The Hall–Kier alpha value is -4.00. The lowest BCUT2D eigenvalue weighted by Crippen LogP contribution is -2.57. The topological polar surface area (TPSA) is 231 Å². The minimum absolute atomic E-state index is 0.0136. The number of amides is 4. The van der Waals surface area contributed by atoms with Crippen molar-refractivity contribution in [2.45, 2.75) is 63.2 Å². The second-order valence-electron chi connectivity index (χ2n) is 7.92. The van der Waals surface area contributed by atoms with Crippen LogP contribution in [0.15, 0.2) is 30.3 Å². The highest BCUT2D eigenvalue weighted by Gasteiger charge is 2.30. The van der Waals surface area contributed by atoms with Gasteiger partial charge in [-0.15, -0.1) is 0 Å². The van der Waals surface area contributed by atoms with Crippen molar-refractivity contribution in [1.29, 1.82) is 0 Å². The first-order valence-corrected chi connectivity index (χ1v) is 10.8. The van der Waals surface area contributed by atoms with Gasteiger partial charge in [0.2, 0.25) is 23.6 Å². The molecule has 0 fully saturated rings. The summed E-state index contributed by atoms with van der Waals surface area (Å²) in [5, 5.41) is 24.9. The smallest absolute Gasteiger partial charge is 0.325 e. The summed E-state index contributed by atoms with van der Waals surface area (Å²) in [6.07, 6.45) is -0.961. The quantitative estimate of drug-likeness (QED) is 0.146. The molecule has 0 aliphatic rings. The molecule has 13 heteroatoms. The molecule has 0 saturated carbocycles. The molecule has 1 aromatic carbocycles. The predicted octanol–water partition coefficient (Wildman–Crippen LogP) is -1.75. The maximum Gasteiger partial charge on any atom is 0.325 e. The van der Waals surface area contributed by atoms with E-state index in [4.69, 9.17) is 21.7 Å². The lowest BCUT2D eigenvalue weighted by Gasteiger charge is -2.24. The summed E-state index contributed by atoms with van der Waals surface area (Å²) in [7, 11) is 0. The van der Waals surface area contributed by atoms with Crippen molar-refractivity contribution in [2.75, 3.05) is 0 Å². The summed E-state index contributed by atoms with van der Waals surface area (Å²) in [4.78, 5) is 71.2. The molecule has 1 rings (SSSR count). The van der Waals surface area contributed by atoms with E-state index < -0.39 is 59.7 Å². The fourth-order valence-electron chi connectivity index (χ4n) is 2.95.